The fourth-order valence-electron chi connectivity index (χ4n) is 1.49. The summed E-state index contributed by atoms with van der Waals surface area (Å²) in [4.78, 5) is 0. The molecule has 2 rings (SSSR count). The van der Waals surface area contributed by atoms with Gasteiger partial charge in [-0.1, -0.05) is 11.6 Å². The monoisotopic (exact) mass is 258 g/mol. The Kier molecular flexibility index (Phi) is 3.71. The van der Waals surface area contributed by atoms with E-state index in [9.17, 15) is 0 Å². The third-order valence-electron chi connectivity index (χ3n) is 2.48. The zero-order valence-corrected chi connectivity index (χ0v) is 10.3. The van der Waals surface area contributed by atoms with Crippen molar-refractivity contribution in [3.63, 3.8) is 0 Å². The molecule has 0 saturated carbocycles. The zero-order valence-electron chi connectivity index (χ0n) is 9.56. The van der Waals surface area contributed by atoms with Crippen LogP contribution in [0.2, 0.25) is 5.02 Å². The first-order valence-corrected chi connectivity index (χ1v) is 5.73. The van der Waals surface area contributed by atoms with E-state index >= 15 is 0 Å². The lowest BCUT2D eigenvalue weighted by atomic mass is 10.2. The van der Waals surface area contributed by atoms with Crippen LogP contribution in [0, 0.1) is 11.3 Å². The molecule has 90 valence electrons. The van der Waals surface area contributed by atoms with Gasteiger partial charge >= 0.3 is 0 Å². The van der Waals surface area contributed by atoms with Crippen LogP contribution in [0.15, 0.2) is 42.5 Å². The average molecular weight is 259 g/mol. The molecular weight excluding hydrogens is 248 g/mol. The molecule has 0 aliphatic heterocycles. The molecule has 0 heterocycles. The van der Waals surface area contributed by atoms with Gasteiger partial charge in [-0.25, -0.2) is 0 Å². The van der Waals surface area contributed by atoms with Crippen LogP contribution in [0.3, 0.4) is 0 Å². The normalized spacial score (nSPS) is 9.78. The summed E-state index contributed by atoms with van der Waals surface area (Å²) in [6, 6.07) is 14.2. The van der Waals surface area contributed by atoms with Crippen molar-refractivity contribution in [3.8, 4) is 11.8 Å². The molecule has 0 aliphatic carbocycles. The molecule has 0 bridgehead atoms. The molecule has 2 N–H and O–H groups in total. The van der Waals surface area contributed by atoms with E-state index in [1.165, 1.54) is 0 Å². The Morgan fingerprint density at radius 1 is 1.17 bits per heavy atom. The molecule has 0 aromatic heterocycles. The van der Waals surface area contributed by atoms with Gasteiger partial charge in [-0.15, -0.1) is 0 Å². The van der Waals surface area contributed by atoms with Crippen LogP contribution in [-0.4, -0.2) is 0 Å². The second kappa shape index (κ2) is 5.44. The molecule has 4 heteroatoms. The van der Waals surface area contributed by atoms with Gasteiger partial charge in [-0.3, -0.25) is 0 Å². The zero-order chi connectivity index (χ0) is 13.0. The van der Waals surface area contributed by atoms with Crippen molar-refractivity contribution in [1.82, 2.24) is 0 Å². The van der Waals surface area contributed by atoms with Crippen molar-refractivity contribution >= 4 is 17.3 Å². The Bertz CT molecular complexity index is 588. The van der Waals surface area contributed by atoms with Gasteiger partial charge in [-0.05, 0) is 42.5 Å². The van der Waals surface area contributed by atoms with Gasteiger partial charge in [-0.2, -0.15) is 5.26 Å². The van der Waals surface area contributed by atoms with E-state index in [-0.39, 0.29) is 0 Å². The highest BCUT2D eigenvalue weighted by Crippen LogP contribution is 2.20. The van der Waals surface area contributed by atoms with Crippen LogP contribution in [0.25, 0.3) is 0 Å². The average Bonchev–Trinajstić information content (AvgIpc) is 2.40. The number of nitriles is 1. The van der Waals surface area contributed by atoms with Gasteiger partial charge in [0.05, 0.1) is 11.6 Å². The molecule has 3 nitrogen and oxygen atoms in total. The summed E-state index contributed by atoms with van der Waals surface area (Å²) in [6.07, 6.45) is 0. The first kappa shape index (κ1) is 12.3. The van der Waals surface area contributed by atoms with E-state index in [1.807, 2.05) is 0 Å². The highest BCUT2D eigenvalue weighted by atomic mass is 35.5. The fraction of sp³-hybridized carbons (Fsp3) is 0.0714. The quantitative estimate of drug-likeness (QED) is 0.859. The fourth-order valence-corrected chi connectivity index (χ4v) is 1.68. The van der Waals surface area contributed by atoms with Crippen LogP contribution < -0.4 is 10.5 Å². The summed E-state index contributed by atoms with van der Waals surface area (Å²) in [7, 11) is 0. The van der Waals surface area contributed by atoms with Gasteiger partial charge < -0.3 is 10.5 Å². The molecule has 0 spiro atoms. The van der Waals surface area contributed by atoms with Crippen molar-refractivity contribution in [2.24, 2.45) is 0 Å². The molecule has 0 unspecified atom stereocenters. The van der Waals surface area contributed by atoms with Gasteiger partial charge in [0.15, 0.2) is 0 Å². The van der Waals surface area contributed by atoms with Crippen LogP contribution >= 0.6 is 11.6 Å². The second-order valence-electron chi connectivity index (χ2n) is 3.77. The lowest BCUT2D eigenvalue weighted by Crippen LogP contribution is -2.00. The third-order valence-corrected chi connectivity index (χ3v) is 2.72. The molecule has 0 saturated heterocycles. The van der Waals surface area contributed by atoms with Gasteiger partial charge in [0.1, 0.15) is 12.4 Å². The van der Waals surface area contributed by atoms with Gasteiger partial charge in [0.2, 0.25) is 0 Å². The molecule has 2 aromatic rings. The molecular formula is C14H11ClN2O. The highest BCUT2D eigenvalue weighted by molar-refractivity contribution is 6.30. The summed E-state index contributed by atoms with van der Waals surface area (Å²) in [5.41, 5.74) is 7.91. The number of halogens is 1. The topological polar surface area (TPSA) is 59.0 Å². The second-order valence-corrected chi connectivity index (χ2v) is 4.20. The highest BCUT2D eigenvalue weighted by Gasteiger charge is 2.02. The Labute approximate surface area is 110 Å². The van der Waals surface area contributed by atoms with E-state index in [0.717, 1.165) is 5.56 Å². The van der Waals surface area contributed by atoms with Crippen molar-refractivity contribution in [2.75, 3.05) is 5.73 Å². The van der Waals surface area contributed by atoms with Crippen molar-refractivity contribution < 1.29 is 4.74 Å². The summed E-state index contributed by atoms with van der Waals surface area (Å²) >= 11 is 5.89. The predicted molar refractivity (Wildman–Crippen MR) is 71.4 cm³/mol. The number of nitrogens with zero attached hydrogens (tertiary/aromatic N) is 1. The Morgan fingerprint density at radius 2 is 1.89 bits per heavy atom. The summed E-state index contributed by atoms with van der Waals surface area (Å²) < 4.78 is 5.58. The molecule has 0 amide bonds. The third kappa shape index (κ3) is 2.93. The number of benzene rings is 2. The number of anilines is 1. The lowest BCUT2D eigenvalue weighted by Gasteiger charge is -2.08. The minimum Gasteiger partial charge on any atom is -0.489 e. The first-order valence-electron chi connectivity index (χ1n) is 5.36. The Hall–Kier alpha value is -2.18. The van der Waals surface area contributed by atoms with E-state index in [2.05, 4.69) is 6.07 Å². The van der Waals surface area contributed by atoms with Gasteiger partial charge in [0, 0.05) is 16.3 Å². The first-order chi connectivity index (χ1) is 8.69. The van der Waals surface area contributed by atoms with Crippen molar-refractivity contribution in [3.05, 3.63) is 58.6 Å². The smallest absolute Gasteiger partial charge is 0.119 e. The van der Waals surface area contributed by atoms with E-state index in [0.29, 0.717) is 28.6 Å². The van der Waals surface area contributed by atoms with E-state index < -0.39 is 0 Å². The van der Waals surface area contributed by atoms with Crippen molar-refractivity contribution in [1.29, 1.82) is 5.26 Å². The maximum atomic E-state index is 8.68. The largest absolute Gasteiger partial charge is 0.489 e. The maximum Gasteiger partial charge on any atom is 0.119 e. The SMILES string of the molecule is N#Cc1ccc(OCc2cc(Cl)ccc2N)cc1. The minimum atomic E-state index is 0.346. The van der Waals surface area contributed by atoms with E-state index in [4.69, 9.17) is 27.3 Å². The Balaban J connectivity index is 2.07. The van der Waals surface area contributed by atoms with Crippen LogP contribution in [0.5, 0.6) is 5.75 Å². The van der Waals surface area contributed by atoms with E-state index in [1.54, 1.807) is 42.5 Å². The standard InChI is InChI=1S/C14H11ClN2O/c15-12-3-6-14(17)11(7-12)9-18-13-4-1-10(8-16)2-5-13/h1-7H,9,17H2. The predicted octanol–water partition coefficient (Wildman–Crippen LogP) is 3.37. The maximum absolute atomic E-state index is 8.68. The summed E-state index contributed by atoms with van der Waals surface area (Å²) in [5, 5.41) is 9.31. The molecule has 0 aliphatic rings. The van der Waals surface area contributed by atoms with Crippen LogP contribution in [-0.2, 0) is 6.61 Å². The van der Waals surface area contributed by atoms with Crippen molar-refractivity contribution in [2.45, 2.75) is 6.61 Å². The number of nitrogens with two attached hydrogens (primary N) is 1. The molecule has 0 radical (unpaired) electrons. The minimum absolute atomic E-state index is 0.346. The number of ether oxygens (including phenoxy) is 1. The molecule has 18 heavy (non-hydrogen) atoms. The molecule has 2 aromatic carbocycles. The number of hydrogen-bond donors (Lipinski definition) is 1. The number of hydrogen-bond acceptors (Lipinski definition) is 3. The Morgan fingerprint density at radius 3 is 2.56 bits per heavy atom. The summed E-state index contributed by atoms with van der Waals surface area (Å²) in [6.45, 7) is 0.346. The van der Waals surface area contributed by atoms with Crippen LogP contribution in [0.4, 0.5) is 5.69 Å². The van der Waals surface area contributed by atoms with Gasteiger partial charge in [0.25, 0.3) is 0 Å². The number of rotatable bonds is 3. The molecule has 0 atom stereocenters. The lowest BCUT2D eigenvalue weighted by molar-refractivity contribution is 0.307. The summed E-state index contributed by atoms with van der Waals surface area (Å²) in [5.74, 6) is 0.688. The molecule has 0 fully saturated rings. The number of nitrogen functional groups attached to an aromatic ring is 1. The van der Waals surface area contributed by atoms with Crippen LogP contribution in [0.1, 0.15) is 11.1 Å².